The summed E-state index contributed by atoms with van der Waals surface area (Å²) in [5.74, 6) is 1.31. The highest BCUT2D eigenvalue weighted by Gasteiger charge is 2.18. The van der Waals surface area contributed by atoms with Gasteiger partial charge in [-0.2, -0.15) is 9.98 Å². The lowest BCUT2D eigenvalue weighted by atomic mass is 9.88. The Bertz CT molecular complexity index is 1300. The molecule has 2 nitrogen and oxygen atoms in total. The molecule has 0 aliphatic rings. The van der Waals surface area contributed by atoms with Gasteiger partial charge in [0, 0.05) is 0 Å². The molecule has 0 heterocycles. The molecular weight excluding hydrogens is 472 g/mol. The molecule has 0 amide bonds. The second-order valence-electron chi connectivity index (χ2n) is 11.7. The van der Waals surface area contributed by atoms with Gasteiger partial charge in [-0.1, -0.05) is 116 Å². The first-order valence-corrected chi connectivity index (χ1v) is 14.3. The SMILES string of the molecule is CC(C)c1cc(-c2ccccc2)cc(C(C)C)c1N=C=Nc1c(C(C)C)cc(-c2ccccc2)cc1C(C)C. The second kappa shape index (κ2) is 12.4. The summed E-state index contributed by atoms with van der Waals surface area (Å²) in [6.07, 6.45) is 0. The van der Waals surface area contributed by atoms with Crippen LogP contribution in [0.2, 0.25) is 0 Å². The Kier molecular flexibility index (Phi) is 9.00. The molecule has 0 saturated heterocycles. The molecule has 0 aliphatic carbocycles. The fourth-order valence-electron chi connectivity index (χ4n) is 5.10. The van der Waals surface area contributed by atoms with Crippen LogP contribution in [0.15, 0.2) is 94.9 Å². The highest BCUT2D eigenvalue weighted by molar-refractivity contribution is 5.75. The summed E-state index contributed by atoms with van der Waals surface area (Å²) in [7, 11) is 0. The first-order chi connectivity index (χ1) is 18.7. The zero-order valence-electron chi connectivity index (χ0n) is 24.8. The highest BCUT2D eigenvalue weighted by Crippen LogP contribution is 2.40. The monoisotopic (exact) mass is 514 g/mol. The molecule has 0 unspecified atom stereocenters. The Hall–Kier alpha value is -3.74. The lowest BCUT2D eigenvalue weighted by molar-refractivity contribution is 0.834. The summed E-state index contributed by atoms with van der Waals surface area (Å²) < 4.78 is 0. The van der Waals surface area contributed by atoms with Crippen molar-refractivity contribution in [3.05, 3.63) is 107 Å². The fraction of sp³-hybridized carbons (Fsp3) is 0.324. The molecule has 4 aromatic carbocycles. The zero-order valence-corrected chi connectivity index (χ0v) is 24.8. The summed E-state index contributed by atoms with van der Waals surface area (Å²) in [6.45, 7) is 17.9. The van der Waals surface area contributed by atoms with Crippen LogP contribution in [0.1, 0.15) is 101 Å². The van der Waals surface area contributed by atoms with Crippen LogP contribution in [0.5, 0.6) is 0 Å². The normalized spacial score (nSPS) is 11.4. The first kappa shape index (κ1) is 28.3. The average molecular weight is 515 g/mol. The third-order valence-corrected chi connectivity index (χ3v) is 7.36. The van der Waals surface area contributed by atoms with Gasteiger partial charge in [0.2, 0.25) is 0 Å². The van der Waals surface area contributed by atoms with Crippen LogP contribution < -0.4 is 0 Å². The van der Waals surface area contributed by atoms with E-state index < -0.39 is 0 Å². The van der Waals surface area contributed by atoms with Crippen LogP contribution in [-0.2, 0) is 0 Å². The highest BCUT2D eigenvalue weighted by atomic mass is 14.8. The largest absolute Gasteiger partial charge is 0.187 e. The minimum atomic E-state index is 0.328. The average Bonchev–Trinajstić information content (AvgIpc) is 2.93. The van der Waals surface area contributed by atoms with Crippen molar-refractivity contribution in [3.63, 3.8) is 0 Å². The number of hydrogen-bond acceptors (Lipinski definition) is 2. The molecule has 2 heteroatoms. The smallest absolute Gasteiger partial charge is 0.101 e. The van der Waals surface area contributed by atoms with Crippen molar-refractivity contribution in [2.24, 2.45) is 9.98 Å². The Labute approximate surface area is 235 Å². The molecule has 0 spiro atoms. The van der Waals surface area contributed by atoms with Crippen molar-refractivity contribution in [2.75, 3.05) is 0 Å². The summed E-state index contributed by atoms with van der Waals surface area (Å²) in [4.78, 5) is 9.89. The summed E-state index contributed by atoms with van der Waals surface area (Å²) in [5, 5.41) is 0. The number of benzene rings is 4. The maximum atomic E-state index is 4.94. The van der Waals surface area contributed by atoms with E-state index in [2.05, 4.69) is 146 Å². The van der Waals surface area contributed by atoms with Gasteiger partial charge < -0.3 is 0 Å². The van der Waals surface area contributed by atoms with Crippen LogP contribution in [0.25, 0.3) is 22.3 Å². The van der Waals surface area contributed by atoms with E-state index in [1.807, 2.05) is 0 Å². The molecule has 0 saturated carbocycles. The van der Waals surface area contributed by atoms with Gasteiger partial charge in [0.1, 0.15) is 6.01 Å². The standard InChI is InChI=1S/C37H42N2/c1-24(2)32-19-30(28-15-11-9-12-16-28)20-33(25(3)4)36(32)38-23-39-37-34(26(5)6)21-31(22-35(37)27(7)8)29-17-13-10-14-18-29/h9-22,24-27H,1-8H3. The van der Waals surface area contributed by atoms with Crippen molar-refractivity contribution < 1.29 is 0 Å². The molecule has 0 radical (unpaired) electrons. The van der Waals surface area contributed by atoms with Gasteiger partial charge in [0.05, 0.1) is 11.4 Å². The predicted molar refractivity (Wildman–Crippen MR) is 169 cm³/mol. The second-order valence-corrected chi connectivity index (χ2v) is 11.7. The predicted octanol–water partition coefficient (Wildman–Crippen LogP) is 11.7. The Morgan fingerprint density at radius 2 is 0.692 bits per heavy atom. The minimum absolute atomic E-state index is 0.328. The van der Waals surface area contributed by atoms with Crippen molar-refractivity contribution in [1.29, 1.82) is 0 Å². The molecule has 0 atom stereocenters. The van der Waals surface area contributed by atoms with Crippen LogP contribution in [-0.4, -0.2) is 6.01 Å². The molecule has 0 bridgehead atoms. The Morgan fingerprint density at radius 1 is 0.410 bits per heavy atom. The van der Waals surface area contributed by atoms with Gasteiger partial charge in [-0.3, -0.25) is 0 Å². The van der Waals surface area contributed by atoms with Gasteiger partial charge in [0.25, 0.3) is 0 Å². The van der Waals surface area contributed by atoms with Gasteiger partial charge in [-0.05, 0) is 92.4 Å². The maximum Gasteiger partial charge on any atom is 0.101 e. The Morgan fingerprint density at radius 3 is 0.949 bits per heavy atom. The number of rotatable bonds is 8. The summed E-state index contributed by atoms with van der Waals surface area (Å²) in [5.41, 5.74) is 11.9. The van der Waals surface area contributed by atoms with Gasteiger partial charge in [-0.25, -0.2) is 0 Å². The van der Waals surface area contributed by atoms with Crippen LogP contribution in [0.3, 0.4) is 0 Å². The van der Waals surface area contributed by atoms with Crippen LogP contribution in [0.4, 0.5) is 11.4 Å². The summed E-state index contributed by atoms with van der Waals surface area (Å²) in [6, 6.07) is 33.5. The molecule has 39 heavy (non-hydrogen) atoms. The molecule has 0 aromatic heterocycles. The number of hydrogen-bond donors (Lipinski definition) is 0. The van der Waals surface area contributed by atoms with E-state index in [1.165, 1.54) is 44.5 Å². The zero-order chi connectivity index (χ0) is 28.1. The van der Waals surface area contributed by atoms with Crippen LogP contribution in [0, 0.1) is 0 Å². The van der Waals surface area contributed by atoms with E-state index in [9.17, 15) is 0 Å². The lowest BCUT2D eigenvalue weighted by Crippen LogP contribution is -1.98. The van der Waals surface area contributed by atoms with Crippen molar-refractivity contribution in [3.8, 4) is 22.3 Å². The third kappa shape index (κ3) is 6.47. The maximum absolute atomic E-state index is 4.94. The molecular formula is C37H42N2. The van der Waals surface area contributed by atoms with E-state index >= 15 is 0 Å². The van der Waals surface area contributed by atoms with Gasteiger partial charge in [-0.15, -0.1) is 0 Å². The molecule has 0 fully saturated rings. The fourth-order valence-corrected chi connectivity index (χ4v) is 5.10. The lowest BCUT2D eigenvalue weighted by Gasteiger charge is -2.19. The molecule has 0 aliphatic heterocycles. The van der Waals surface area contributed by atoms with E-state index in [0.29, 0.717) is 23.7 Å². The third-order valence-electron chi connectivity index (χ3n) is 7.36. The van der Waals surface area contributed by atoms with E-state index in [4.69, 9.17) is 9.98 Å². The Balaban J connectivity index is 1.88. The van der Waals surface area contributed by atoms with Crippen molar-refractivity contribution >= 4 is 17.4 Å². The van der Waals surface area contributed by atoms with Crippen molar-refractivity contribution in [1.82, 2.24) is 0 Å². The molecule has 4 aromatic rings. The number of aliphatic imine (C=N–C) groups is 2. The summed E-state index contributed by atoms with van der Waals surface area (Å²) >= 11 is 0. The molecule has 0 N–H and O–H groups in total. The number of nitrogens with zero attached hydrogens (tertiary/aromatic N) is 2. The van der Waals surface area contributed by atoms with Gasteiger partial charge in [0.15, 0.2) is 0 Å². The minimum Gasteiger partial charge on any atom is -0.187 e. The van der Waals surface area contributed by atoms with Crippen LogP contribution >= 0.6 is 0 Å². The van der Waals surface area contributed by atoms with E-state index in [0.717, 1.165) is 11.4 Å². The van der Waals surface area contributed by atoms with Gasteiger partial charge >= 0.3 is 0 Å². The molecule has 200 valence electrons. The van der Waals surface area contributed by atoms with E-state index in [-0.39, 0.29) is 0 Å². The topological polar surface area (TPSA) is 24.7 Å². The first-order valence-electron chi connectivity index (χ1n) is 14.3. The molecule has 4 rings (SSSR count). The quantitative estimate of drug-likeness (QED) is 0.209. The van der Waals surface area contributed by atoms with E-state index in [1.54, 1.807) is 0 Å². The van der Waals surface area contributed by atoms with Crippen molar-refractivity contribution in [2.45, 2.75) is 79.1 Å².